The predicted molar refractivity (Wildman–Crippen MR) is 93.9 cm³/mol. The number of nitrogens with one attached hydrogen (secondary N) is 1. The highest BCUT2D eigenvalue weighted by molar-refractivity contribution is 6.03. The number of likely N-dealkylation sites (N-methyl/N-ethyl adjacent to an activating group) is 1. The summed E-state index contributed by atoms with van der Waals surface area (Å²) in [5.41, 5.74) is 1.74. The van der Waals surface area contributed by atoms with Crippen molar-refractivity contribution in [3.05, 3.63) is 66.4 Å². The van der Waals surface area contributed by atoms with E-state index in [0.29, 0.717) is 23.6 Å². The Kier molecular flexibility index (Phi) is 3.92. The Morgan fingerprint density at radius 2 is 2.12 bits per heavy atom. The number of carbonyl (C=O) groups excluding carboxylic acids is 2. The molecule has 0 saturated carbocycles. The molecule has 2 amide bonds. The third kappa shape index (κ3) is 2.71. The predicted octanol–water partition coefficient (Wildman–Crippen LogP) is 1.47. The lowest BCUT2D eigenvalue weighted by atomic mass is 9.89. The molecule has 1 aliphatic heterocycles. The molecule has 2 aromatic heterocycles. The number of hydrogen-bond donors (Lipinski definition) is 1. The molecule has 0 spiro atoms. The van der Waals surface area contributed by atoms with E-state index < -0.39 is 5.92 Å². The fourth-order valence-corrected chi connectivity index (χ4v) is 3.09. The lowest BCUT2D eigenvalue weighted by Crippen LogP contribution is -2.41. The SMILES string of the molecule is CN1CC(C(=O)Nc2cncnc2-n2cccn2)c2ccccc2C1=O. The lowest BCUT2D eigenvalue weighted by Gasteiger charge is -2.31. The van der Waals surface area contributed by atoms with Gasteiger partial charge in [-0.1, -0.05) is 18.2 Å². The highest BCUT2D eigenvalue weighted by Crippen LogP contribution is 2.29. The summed E-state index contributed by atoms with van der Waals surface area (Å²) in [6.07, 6.45) is 6.30. The molecular formula is C18H16N6O2. The van der Waals surface area contributed by atoms with Crippen molar-refractivity contribution < 1.29 is 9.59 Å². The third-order valence-corrected chi connectivity index (χ3v) is 4.36. The Morgan fingerprint density at radius 1 is 1.27 bits per heavy atom. The minimum absolute atomic E-state index is 0.0788. The van der Waals surface area contributed by atoms with E-state index in [4.69, 9.17) is 0 Å². The first kappa shape index (κ1) is 15.9. The van der Waals surface area contributed by atoms with Gasteiger partial charge in [-0.2, -0.15) is 5.10 Å². The van der Waals surface area contributed by atoms with Crippen LogP contribution in [0.15, 0.2) is 55.2 Å². The second kappa shape index (κ2) is 6.40. The number of amides is 2. The van der Waals surface area contributed by atoms with Gasteiger partial charge in [0, 0.05) is 31.5 Å². The van der Waals surface area contributed by atoms with Crippen molar-refractivity contribution in [3.63, 3.8) is 0 Å². The average Bonchev–Trinajstić information content (AvgIpc) is 3.19. The van der Waals surface area contributed by atoms with E-state index in [2.05, 4.69) is 20.4 Å². The number of benzene rings is 1. The topological polar surface area (TPSA) is 93.0 Å². The van der Waals surface area contributed by atoms with Gasteiger partial charge in [-0.25, -0.2) is 14.6 Å². The van der Waals surface area contributed by atoms with Crippen LogP contribution in [0.3, 0.4) is 0 Å². The molecule has 8 heteroatoms. The molecule has 0 fully saturated rings. The summed E-state index contributed by atoms with van der Waals surface area (Å²) in [6.45, 7) is 0.312. The normalized spacial score (nSPS) is 16.3. The van der Waals surface area contributed by atoms with Gasteiger partial charge in [0.2, 0.25) is 5.91 Å². The Bertz CT molecular complexity index is 969. The van der Waals surface area contributed by atoms with Crippen LogP contribution in [-0.4, -0.2) is 50.1 Å². The number of hydrogen-bond acceptors (Lipinski definition) is 5. The maximum absolute atomic E-state index is 13.0. The molecule has 1 aliphatic rings. The summed E-state index contributed by atoms with van der Waals surface area (Å²) in [7, 11) is 1.69. The maximum atomic E-state index is 13.0. The molecule has 1 N–H and O–H groups in total. The van der Waals surface area contributed by atoms with Crippen molar-refractivity contribution in [1.82, 2.24) is 24.6 Å². The summed E-state index contributed by atoms with van der Waals surface area (Å²) in [6, 6.07) is 8.96. The molecule has 3 aromatic rings. The molecule has 26 heavy (non-hydrogen) atoms. The van der Waals surface area contributed by atoms with Crippen LogP contribution in [0.25, 0.3) is 5.82 Å². The number of carbonyl (C=O) groups is 2. The van der Waals surface area contributed by atoms with Crippen LogP contribution < -0.4 is 5.32 Å². The second-order valence-electron chi connectivity index (χ2n) is 6.03. The molecule has 0 aliphatic carbocycles. The minimum Gasteiger partial charge on any atom is -0.341 e. The average molecular weight is 348 g/mol. The van der Waals surface area contributed by atoms with Crippen molar-refractivity contribution in [2.45, 2.75) is 5.92 Å². The number of nitrogens with zero attached hydrogens (tertiary/aromatic N) is 5. The van der Waals surface area contributed by atoms with Crippen LogP contribution in [0.2, 0.25) is 0 Å². The van der Waals surface area contributed by atoms with Crippen molar-refractivity contribution in [2.24, 2.45) is 0 Å². The molecule has 1 unspecified atom stereocenters. The smallest absolute Gasteiger partial charge is 0.253 e. The third-order valence-electron chi connectivity index (χ3n) is 4.36. The van der Waals surface area contributed by atoms with E-state index in [1.165, 1.54) is 12.5 Å². The Labute approximate surface area is 149 Å². The molecule has 4 rings (SSSR count). The number of rotatable bonds is 3. The molecule has 1 atom stereocenters. The largest absolute Gasteiger partial charge is 0.341 e. The van der Waals surface area contributed by atoms with Crippen molar-refractivity contribution in [2.75, 3.05) is 18.9 Å². The van der Waals surface area contributed by atoms with E-state index in [1.807, 2.05) is 12.1 Å². The van der Waals surface area contributed by atoms with Gasteiger partial charge in [-0.05, 0) is 17.7 Å². The maximum Gasteiger partial charge on any atom is 0.253 e. The monoisotopic (exact) mass is 348 g/mol. The zero-order valence-electron chi connectivity index (χ0n) is 14.0. The minimum atomic E-state index is -0.473. The van der Waals surface area contributed by atoms with Crippen LogP contribution >= 0.6 is 0 Å². The van der Waals surface area contributed by atoms with Crippen LogP contribution in [0.5, 0.6) is 0 Å². The van der Waals surface area contributed by atoms with Crippen molar-refractivity contribution in [1.29, 1.82) is 0 Å². The first-order valence-corrected chi connectivity index (χ1v) is 8.10. The first-order valence-electron chi connectivity index (χ1n) is 8.10. The van der Waals surface area contributed by atoms with E-state index in [1.54, 1.807) is 47.2 Å². The standard InChI is InChI=1S/C18H16N6O2/c1-23-10-14(12-5-2-3-6-13(12)18(23)26)17(25)22-15-9-19-11-20-16(15)24-8-4-7-21-24/h2-9,11,14H,10H2,1H3,(H,22,25). The first-order chi connectivity index (χ1) is 12.6. The van der Waals surface area contributed by atoms with Gasteiger partial charge < -0.3 is 10.2 Å². The van der Waals surface area contributed by atoms with E-state index >= 15 is 0 Å². The molecule has 130 valence electrons. The summed E-state index contributed by atoms with van der Waals surface area (Å²) >= 11 is 0. The Balaban J connectivity index is 1.66. The van der Waals surface area contributed by atoms with E-state index in [0.717, 1.165) is 5.56 Å². The molecule has 0 saturated heterocycles. The Hall–Kier alpha value is -3.55. The van der Waals surface area contributed by atoms with Crippen molar-refractivity contribution in [3.8, 4) is 5.82 Å². The summed E-state index contributed by atoms with van der Waals surface area (Å²) < 4.78 is 1.56. The van der Waals surface area contributed by atoms with Crippen LogP contribution in [0, 0.1) is 0 Å². The van der Waals surface area contributed by atoms with Gasteiger partial charge in [0.1, 0.15) is 12.0 Å². The molecular weight excluding hydrogens is 332 g/mol. The van der Waals surface area contributed by atoms with Crippen LogP contribution in [0.4, 0.5) is 5.69 Å². The Morgan fingerprint density at radius 3 is 2.92 bits per heavy atom. The number of fused-ring (bicyclic) bond motifs is 1. The van der Waals surface area contributed by atoms with Gasteiger partial charge >= 0.3 is 0 Å². The highest BCUT2D eigenvalue weighted by Gasteiger charge is 2.33. The fraction of sp³-hybridized carbons (Fsp3) is 0.167. The van der Waals surface area contributed by atoms with E-state index in [9.17, 15) is 9.59 Å². The van der Waals surface area contributed by atoms with E-state index in [-0.39, 0.29) is 11.8 Å². The van der Waals surface area contributed by atoms with Gasteiger partial charge in [0.25, 0.3) is 5.91 Å². The summed E-state index contributed by atoms with van der Waals surface area (Å²) in [4.78, 5) is 35.0. The second-order valence-corrected chi connectivity index (χ2v) is 6.03. The highest BCUT2D eigenvalue weighted by atomic mass is 16.2. The van der Waals surface area contributed by atoms with Crippen molar-refractivity contribution >= 4 is 17.5 Å². The lowest BCUT2D eigenvalue weighted by molar-refractivity contribution is -0.117. The summed E-state index contributed by atoms with van der Waals surface area (Å²) in [5.74, 6) is -0.295. The van der Waals surface area contributed by atoms with Gasteiger partial charge in [0.15, 0.2) is 5.82 Å². The molecule has 0 radical (unpaired) electrons. The summed E-state index contributed by atoms with van der Waals surface area (Å²) in [5, 5.41) is 7.03. The van der Waals surface area contributed by atoms with Gasteiger partial charge in [-0.15, -0.1) is 0 Å². The number of aromatic nitrogens is 4. The molecule has 8 nitrogen and oxygen atoms in total. The quantitative estimate of drug-likeness (QED) is 0.774. The van der Waals surface area contributed by atoms with Gasteiger partial charge in [0.05, 0.1) is 12.1 Å². The zero-order chi connectivity index (χ0) is 18.1. The van der Waals surface area contributed by atoms with Gasteiger partial charge in [-0.3, -0.25) is 9.59 Å². The molecule has 0 bridgehead atoms. The molecule has 3 heterocycles. The van der Waals surface area contributed by atoms with Crippen LogP contribution in [0.1, 0.15) is 21.8 Å². The molecule has 1 aromatic carbocycles. The van der Waals surface area contributed by atoms with Crippen LogP contribution in [-0.2, 0) is 4.79 Å². The number of anilines is 1. The fourth-order valence-electron chi connectivity index (χ4n) is 3.09. The zero-order valence-corrected chi connectivity index (χ0v) is 14.0.